The number of piperidine rings is 1. The van der Waals surface area contributed by atoms with Crippen LogP contribution in [0.1, 0.15) is 25.5 Å². The van der Waals surface area contributed by atoms with Gasteiger partial charge in [-0.1, -0.05) is 0 Å². The van der Waals surface area contributed by atoms with E-state index in [0.29, 0.717) is 0 Å². The molecule has 1 aromatic rings. The van der Waals surface area contributed by atoms with E-state index in [1.807, 2.05) is 6.92 Å². The van der Waals surface area contributed by atoms with E-state index in [0.717, 1.165) is 37.4 Å². The van der Waals surface area contributed by atoms with Crippen molar-refractivity contribution in [2.75, 3.05) is 18.4 Å². The summed E-state index contributed by atoms with van der Waals surface area (Å²) in [5.74, 6) is 0.918. The van der Waals surface area contributed by atoms with Crippen molar-refractivity contribution in [2.24, 2.45) is 0 Å². The molecule has 1 aliphatic heterocycles. The Balaban J connectivity index is 2.10. The third kappa shape index (κ3) is 2.45. The molecule has 0 radical (unpaired) electrons. The molecule has 0 aliphatic carbocycles. The van der Waals surface area contributed by atoms with Gasteiger partial charge in [-0.15, -0.1) is 0 Å². The minimum Gasteiger partial charge on any atom is -0.363 e. The van der Waals surface area contributed by atoms with Crippen LogP contribution in [0.4, 0.5) is 5.82 Å². The lowest BCUT2D eigenvalue weighted by molar-refractivity contribution is 0.364. The summed E-state index contributed by atoms with van der Waals surface area (Å²) in [6.45, 7) is 6.38. The number of aromatic nitrogens is 2. The molecule has 2 rings (SSSR count). The van der Waals surface area contributed by atoms with E-state index in [9.17, 15) is 0 Å². The maximum absolute atomic E-state index is 4.32. The van der Waals surface area contributed by atoms with Gasteiger partial charge >= 0.3 is 0 Å². The SMILES string of the molecule is Cc1nccnc1NC1(C)CCNCC1. The zero-order valence-electron chi connectivity index (χ0n) is 9.38. The van der Waals surface area contributed by atoms with Gasteiger partial charge in [0, 0.05) is 17.9 Å². The fourth-order valence-corrected chi connectivity index (χ4v) is 1.92. The van der Waals surface area contributed by atoms with Gasteiger partial charge in [-0.25, -0.2) is 4.98 Å². The van der Waals surface area contributed by atoms with E-state index in [1.165, 1.54) is 0 Å². The first kappa shape index (κ1) is 10.4. The molecule has 0 amide bonds. The molecule has 1 fully saturated rings. The fourth-order valence-electron chi connectivity index (χ4n) is 1.92. The second-order valence-corrected chi connectivity index (χ2v) is 4.43. The minimum atomic E-state index is 0.159. The second-order valence-electron chi connectivity index (χ2n) is 4.43. The first-order valence-corrected chi connectivity index (χ1v) is 5.46. The van der Waals surface area contributed by atoms with Crippen molar-refractivity contribution < 1.29 is 0 Å². The highest BCUT2D eigenvalue weighted by Gasteiger charge is 2.27. The predicted molar refractivity (Wildman–Crippen MR) is 60.9 cm³/mol. The molecule has 0 saturated carbocycles. The van der Waals surface area contributed by atoms with Gasteiger partial charge in [-0.05, 0) is 39.8 Å². The highest BCUT2D eigenvalue weighted by Crippen LogP contribution is 2.23. The number of aryl methyl sites for hydroxylation is 1. The van der Waals surface area contributed by atoms with Gasteiger partial charge in [-0.3, -0.25) is 4.98 Å². The summed E-state index contributed by atoms with van der Waals surface area (Å²) >= 11 is 0. The zero-order valence-corrected chi connectivity index (χ0v) is 9.38. The molecular formula is C11H18N4. The predicted octanol–water partition coefficient (Wildman–Crippen LogP) is 1.34. The summed E-state index contributed by atoms with van der Waals surface area (Å²) < 4.78 is 0. The van der Waals surface area contributed by atoms with Crippen LogP contribution in [0.2, 0.25) is 0 Å². The van der Waals surface area contributed by atoms with Crippen molar-refractivity contribution in [3.05, 3.63) is 18.1 Å². The summed E-state index contributed by atoms with van der Waals surface area (Å²) in [5.41, 5.74) is 1.13. The number of nitrogens with one attached hydrogen (secondary N) is 2. The number of rotatable bonds is 2. The minimum absolute atomic E-state index is 0.159. The second kappa shape index (κ2) is 4.14. The van der Waals surface area contributed by atoms with E-state index < -0.39 is 0 Å². The lowest BCUT2D eigenvalue weighted by Crippen LogP contribution is -2.45. The molecule has 0 unspecified atom stereocenters. The Morgan fingerprint density at radius 2 is 1.93 bits per heavy atom. The largest absolute Gasteiger partial charge is 0.363 e. The molecule has 1 aliphatic rings. The van der Waals surface area contributed by atoms with Crippen molar-refractivity contribution in [1.82, 2.24) is 15.3 Å². The number of anilines is 1. The normalized spacial score (nSPS) is 19.9. The van der Waals surface area contributed by atoms with Crippen molar-refractivity contribution in [3.63, 3.8) is 0 Å². The van der Waals surface area contributed by atoms with Crippen LogP contribution in [0.25, 0.3) is 0 Å². The standard InChI is InChI=1S/C11H18N4/c1-9-10(14-8-7-13-9)15-11(2)3-5-12-6-4-11/h7-8,12H,3-6H2,1-2H3,(H,14,15). The van der Waals surface area contributed by atoms with E-state index in [2.05, 4.69) is 27.5 Å². The highest BCUT2D eigenvalue weighted by atomic mass is 15.1. The number of hydrogen-bond acceptors (Lipinski definition) is 4. The Bertz CT molecular complexity index is 331. The van der Waals surface area contributed by atoms with Gasteiger partial charge in [0.05, 0.1) is 5.69 Å². The van der Waals surface area contributed by atoms with Gasteiger partial charge in [0.2, 0.25) is 0 Å². The average molecular weight is 206 g/mol. The van der Waals surface area contributed by atoms with Crippen LogP contribution in [0.15, 0.2) is 12.4 Å². The summed E-state index contributed by atoms with van der Waals surface area (Å²) in [7, 11) is 0. The molecule has 0 aromatic carbocycles. The molecule has 4 heteroatoms. The lowest BCUT2D eigenvalue weighted by Gasteiger charge is -2.35. The number of nitrogens with zero attached hydrogens (tertiary/aromatic N) is 2. The molecule has 4 nitrogen and oxygen atoms in total. The zero-order chi connectivity index (χ0) is 10.7. The van der Waals surface area contributed by atoms with Crippen molar-refractivity contribution in [2.45, 2.75) is 32.2 Å². The monoisotopic (exact) mass is 206 g/mol. The molecule has 1 saturated heterocycles. The van der Waals surface area contributed by atoms with Crippen LogP contribution in [-0.4, -0.2) is 28.6 Å². The van der Waals surface area contributed by atoms with E-state index in [1.54, 1.807) is 12.4 Å². The quantitative estimate of drug-likeness (QED) is 0.766. The highest BCUT2D eigenvalue weighted by molar-refractivity contribution is 5.41. The lowest BCUT2D eigenvalue weighted by atomic mass is 9.90. The maximum Gasteiger partial charge on any atom is 0.147 e. The summed E-state index contributed by atoms with van der Waals surface area (Å²) in [4.78, 5) is 8.56. The van der Waals surface area contributed by atoms with Crippen LogP contribution in [0, 0.1) is 6.92 Å². The maximum atomic E-state index is 4.32. The van der Waals surface area contributed by atoms with Crippen LogP contribution < -0.4 is 10.6 Å². The first-order chi connectivity index (χ1) is 7.20. The van der Waals surface area contributed by atoms with Crippen molar-refractivity contribution in [1.29, 1.82) is 0 Å². The molecule has 2 N–H and O–H groups in total. The Morgan fingerprint density at radius 1 is 1.27 bits per heavy atom. The Morgan fingerprint density at radius 3 is 2.60 bits per heavy atom. The molecule has 82 valence electrons. The van der Waals surface area contributed by atoms with Crippen LogP contribution in [0.3, 0.4) is 0 Å². The molecule has 0 spiro atoms. The molecule has 1 aromatic heterocycles. The van der Waals surface area contributed by atoms with Gasteiger partial charge in [0.1, 0.15) is 5.82 Å². The van der Waals surface area contributed by atoms with Gasteiger partial charge in [0.15, 0.2) is 0 Å². The molecular weight excluding hydrogens is 188 g/mol. The van der Waals surface area contributed by atoms with E-state index in [-0.39, 0.29) is 5.54 Å². The molecule has 15 heavy (non-hydrogen) atoms. The summed E-state index contributed by atoms with van der Waals surface area (Å²) in [5, 5.41) is 6.88. The van der Waals surface area contributed by atoms with Crippen molar-refractivity contribution >= 4 is 5.82 Å². The topological polar surface area (TPSA) is 49.8 Å². The van der Waals surface area contributed by atoms with E-state index >= 15 is 0 Å². The van der Waals surface area contributed by atoms with Gasteiger partial charge in [-0.2, -0.15) is 0 Å². The number of hydrogen-bond donors (Lipinski definition) is 2. The first-order valence-electron chi connectivity index (χ1n) is 5.46. The molecule has 0 bridgehead atoms. The van der Waals surface area contributed by atoms with Crippen molar-refractivity contribution in [3.8, 4) is 0 Å². The van der Waals surface area contributed by atoms with Crippen LogP contribution in [-0.2, 0) is 0 Å². The Kier molecular flexibility index (Phi) is 2.86. The van der Waals surface area contributed by atoms with Crippen LogP contribution in [0.5, 0.6) is 0 Å². The van der Waals surface area contributed by atoms with Gasteiger partial charge in [0.25, 0.3) is 0 Å². The van der Waals surface area contributed by atoms with E-state index in [4.69, 9.17) is 0 Å². The molecule has 2 heterocycles. The Hall–Kier alpha value is -1.16. The van der Waals surface area contributed by atoms with Crippen LogP contribution >= 0.6 is 0 Å². The summed E-state index contributed by atoms with van der Waals surface area (Å²) in [6.07, 6.45) is 5.72. The fraction of sp³-hybridized carbons (Fsp3) is 0.636. The smallest absolute Gasteiger partial charge is 0.147 e. The average Bonchev–Trinajstić information content (AvgIpc) is 2.22. The third-order valence-corrected chi connectivity index (χ3v) is 3.01. The summed E-state index contributed by atoms with van der Waals surface area (Å²) in [6, 6.07) is 0. The third-order valence-electron chi connectivity index (χ3n) is 3.01. The Labute approximate surface area is 90.5 Å². The van der Waals surface area contributed by atoms with Gasteiger partial charge < -0.3 is 10.6 Å². The molecule has 0 atom stereocenters.